The minimum absolute atomic E-state index is 0.393. The van der Waals surface area contributed by atoms with E-state index in [2.05, 4.69) is 6.92 Å². The maximum Gasteiger partial charge on any atom is 0.252 e. The molecule has 0 bridgehead atoms. The van der Waals surface area contributed by atoms with Gasteiger partial charge in [0.1, 0.15) is 5.75 Å². The molecule has 1 aromatic carbocycles. The highest BCUT2D eigenvalue weighted by Crippen LogP contribution is 2.26. The second kappa shape index (κ2) is 14.4. The van der Waals surface area contributed by atoms with Crippen molar-refractivity contribution >= 4 is 28.4 Å². The lowest BCUT2D eigenvalue weighted by atomic mass is 10.1. The molecule has 0 radical (unpaired) electrons. The van der Waals surface area contributed by atoms with Gasteiger partial charge in [0, 0.05) is 5.56 Å². The summed E-state index contributed by atoms with van der Waals surface area (Å²) in [5, 5.41) is -0.0696. The molecular formula is C21H32Cl2O2. The minimum atomic E-state index is -0.505. The average Bonchev–Trinajstić information content (AvgIpc) is 2.60. The third-order valence-electron chi connectivity index (χ3n) is 4.41. The summed E-state index contributed by atoms with van der Waals surface area (Å²) in [4.78, 5) is 11.1. The summed E-state index contributed by atoms with van der Waals surface area (Å²) in [6.45, 7) is 2.92. The van der Waals surface area contributed by atoms with E-state index >= 15 is 0 Å². The number of unbranched alkanes of at least 4 members (excludes halogenated alkanes) is 11. The SMILES string of the molecule is CCCCCCCCCCCCCCOc1ccc(C(=O)Cl)cc1Cl. The van der Waals surface area contributed by atoms with E-state index in [0.717, 1.165) is 6.42 Å². The van der Waals surface area contributed by atoms with Crippen molar-refractivity contribution in [3.8, 4) is 5.75 Å². The molecule has 0 aliphatic heterocycles. The lowest BCUT2D eigenvalue weighted by molar-refractivity contribution is 0.108. The fourth-order valence-corrected chi connectivity index (χ4v) is 3.22. The lowest BCUT2D eigenvalue weighted by Crippen LogP contribution is -1.99. The molecule has 0 aliphatic rings. The van der Waals surface area contributed by atoms with Crippen LogP contribution in [0.25, 0.3) is 0 Å². The summed E-state index contributed by atoms with van der Waals surface area (Å²) in [7, 11) is 0. The van der Waals surface area contributed by atoms with Gasteiger partial charge in [-0.3, -0.25) is 4.79 Å². The third kappa shape index (κ3) is 10.8. The number of rotatable bonds is 15. The zero-order valence-electron chi connectivity index (χ0n) is 15.5. The van der Waals surface area contributed by atoms with Gasteiger partial charge in [-0.2, -0.15) is 0 Å². The first-order valence-corrected chi connectivity index (χ1v) is 10.5. The molecule has 0 N–H and O–H groups in total. The smallest absolute Gasteiger partial charge is 0.252 e. The van der Waals surface area contributed by atoms with E-state index in [1.165, 1.54) is 70.6 Å². The summed E-state index contributed by atoms with van der Waals surface area (Å²) < 4.78 is 5.68. The number of hydrogen-bond donors (Lipinski definition) is 0. The quantitative estimate of drug-likeness (QED) is 0.227. The number of carbonyl (C=O) groups is 1. The Bertz CT molecular complexity index is 489. The van der Waals surface area contributed by atoms with E-state index in [9.17, 15) is 4.79 Å². The molecule has 0 atom stereocenters. The van der Waals surface area contributed by atoms with Gasteiger partial charge in [0.25, 0.3) is 5.24 Å². The Balaban J connectivity index is 1.96. The Morgan fingerprint density at radius 1 is 0.880 bits per heavy atom. The standard InChI is InChI=1S/C21H32Cl2O2/c1-2-3-4-5-6-7-8-9-10-11-12-13-16-25-20-15-14-18(21(23)24)17-19(20)22/h14-15,17H,2-13,16H2,1H3. The van der Waals surface area contributed by atoms with Crippen LogP contribution < -0.4 is 4.74 Å². The molecule has 0 saturated heterocycles. The number of carbonyl (C=O) groups excluding carboxylic acids is 1. The highest BCUT2D eigenvalue weighted by Gasteiger charge is 2.07. The van der Waals surface area contributed by atoms with E-state index in [1.807, 2.05) is 0 Å². The minimum Gasteiger partial charge on any atom is -0.492 e. The van der Waals surface area contributed by atoms with Crippen molar-refractivity contribution in [3.05, 3.63) is 28.8 Å². The van der Waals surface area contributed by atoms with Gasteiger partial charge < -0.3 is 4.74 Å². The molecule has 0 unspecified atom stereocenters. The van der Waals surface area contributed by atoms with Gasteiger partial charge in [0.15, 0.2) is 0 Å². The Morgan fingerprint density at radius 3 is 1.88 bits per heavy atom. The Labute approximate surface area is 163 Å². The van der Waals surface area contributed by atoms with Crippen LogP contribution in [0, 0.1) is 0 Å². The monoisotopic (exact) mass is 386 g/mol. The Kier molecular flexibility index (Phi) is 12.9. The van der Waals surface area contributed by atoms with Crippen molar-refractivity contribution in [1.82, 2.24) is 0 Å². The molecule has 0 amide bonds. The van der Waals surface area contributed by atoms with E-state index in [4.69, 9.17) is 27.9 Å². The van der Waals surface area contributed by atoms with Crippen LogP contribution in [-0.2, 0) is 0 Å². The first kappa shape index (κ1) is 22.3. The predicted octanol–water partition coefficient (Wildman–Crippen LogP) is 7.80. The van der Waals surface area contributed by atoms with Crippen molar-refractivity contribution < 1.29 is 9.53 Å². The van der Waals surface area contributed by atoms with Gasteiger partial charge in [0.2, 0.25) is 0 Å². The van der Waals surface area contributed by atoms with Crippen LogP contribution in [-0.4, -0.2) is 11.8 Å². The molecule has 0 saturated carbocycles. The first-order valence-electron chi connectivity index (χ1n) is 9.77. The number of benzene rings is 1. The number of ether oxygens (including phenoxy) is 1. The zero-order valence-corrected chi connectivity index (χ0v) is 17.0. The van der Waals surface area contributed by atoms with Crippen LogP contribution in [0.2, 0.25) is 5.02 Å². The van der Waals surface area contributed by atoms with Crippen molar-refractivity contribution in [2.24, 2.45) is 0 Å². The van der Waals surface area contributed by atoms with Crippen LogP contribution in [0.15, 0.2) is 18.2 Å². The summed E-state index contributed by atoms with van der Waals surface area (Å²) in [6.07, 6.45) is 15.9. The maximum absolute atomic E-state index is 11.1. The summed E-state index contributed by atoms with van der Waals surface area (Å²) in [5.74, 6) is 0.617. The second-order valence-electron chi connectivity index (χ2n) is 6.66. The fourth-order valence-electron chi connectivity index (χ4n) is 2.87. The van der Waals surface area contributed by atoms with Crippen LogP contribution >= 0.6 is 23.2 Å². The normalized spacial score (nSPS) is 10.8. The molecule has 25 heavy (non-hydrogen) atoms. The molecule has 0 spiro atoms. The molecule has 1 rings (SSSR count). The van der Waals surface area contributed by atoms with E-state index < -0.39 is 5.24 Å². The van der Waals surface area contributed by atoms with Crippen molar-refractivity contribution in [2.45, 2.75) is 84.0 Å². The second-order valence-corrected chi connectivity index (χ2v) is 7.41. The summed E-state index contributed by atoms with van der Waals surface area (Å²) in [5.41, 5.74) is 0.393. The molecule has 0 aromatic heterocycles. The number of hydrogen-bond acceptors (Lipinski definition) is 2. The van der Waals surface area contributed by atoms with E-state index in [1.54, 1.807) is 18.2 Å². The Hall–Kier alpha value is -0.730. The van der Waals surface area contributed by atoms with Gasteiger partial charge in [-0.1, -0.05) is 89.2 Å². The Morgan fingerprint density at radius 2 is 1.40 bits per heavy atom. The van der Waals surface area contributed by atoms with Crippen LogP contribution in [0.1, 0.15) is 94.3 Å². The van der Waals surface area contributed by atoms with Crippen molar-refractivity contribution in [3.63, 3.8) is 0 Å². The first-order chi connectivity index (χ1) is 12.1. The molecule has 142 valence electrons. The lowest BCUT2D eigenvalue weighted by Gasteiger charge is -2.08. The molecule has 0 heterocycles. The molecule has 0 fully saturated rings. The molecule has 0 aliphatic carbocycles. The van der Waals surface area contributed by atoms with Crippen molar-refractivity contribution in [2.75, 3.05) is 6.61 Å². The van der Waals surface area contributed by atoms with Crippen LogP contribution in [0.3, 0.4) is 0 Å². The summed E-state index contributed by atoms with van der Waals surface area (Å²) in [6, 6.07) is 4.89. The molecular weight excluding hydrogens is 355 g/mol. The van der Waals surface area contributed by atoms with E-state index in [0.29, 0.717) is 22.9 Å². The topological polar surface area (TPSA) is 26.3 Å². The van der Waals surface area contributed by atoms with Gasteiger partial charge in [-0.15, -0.1) is 0 Å². The van der Waals surface area contributed by atoms with Gasteiger partial charge >= 0.3 is 0 Å². The summed E-state index contributed by atoms with van der Waals surface area (Å²) >= 11 is 11.5. The maximum atomic E-state index is 11.1. The van der Waals surface area contributed by atoms with Crippen LogP contribution in [0.4, 0.5) is 0 Å². The number of halogens is 2. The molecule has 4 heteroatoms. The third-order valence-corrected chi connectivity index (χ3v) is 4.93. The largest absolute Gasteiger partial charge is 0.492 e. The molecule has 2 nitrogen and oxygen atoms in total. The highest BCUT2D eigenvalue weighted by molar-refractivity contribution is 6.67. The zero-order chi connectivity index (χ0) is 18.3. The molecule has 1 aromatic rings. The predicted molar refractivity (Wildman–Crippen MR) is 108 cm³/mol. The van der Waals surface area contributed by atoms with Gasteiger partial charge in [-0.25, -0.2) is 0 Å². The fraction of sp³-hybridized carbons (Fsp3) is 0.667. The average molecular weight is 387 g/mol. The van der Waals surface area contributed by atoms with Gasteiger partial charge in [-0.05, 0) is 36.2 Å². The van der Waals surface area contributed by atoms with Crippen LogP contribution in [0.5, 0.6) is 5.75 Å². The van der Waals surface area contributed by atoms with Gasteiger partial charge in [0.05, 0.1) is 11.6 Å². The highest BCUT2D eigenvalue weighted by atomic mass is 35.5. The van der Waals surface area contributed by atoms with E-state index in [-0.39, 0.29) is 0 Å². The van der Waals surface area contributed by atoms with Crippen molar-refractivity contribution in [1.29, 1.82) is 0 Å².